The highest BCUT2D eigenvalue weighted by Crippen LogP contribution is 2.05. The van der Waals surface area contributed by atoms with Gasteiger partial charge in [-0.25, -0.2) is 13.1 Å². The lowest BCUT2D eigenvalue weighted by Gasteiger charge is -2.14. The summed E-state index contributed by atoms with van der Waals surface area (Å²) >= 11 is 0. The Labute approximate surface area is 104 Å². The van der Waals surface area contributed by atoms with Crippen LogP contribution < -0.4 is 4.72 Å². The Bertz CT molecular complexity index is 324. The van der Waals surface area contributed by atoms with Crippen molar-refractivity contribution < 1.29 is 18.3 Å². The van der Waals surface area contributed by atoms with Crippen molar-refractivity contribution in [3.63, 3.8) is 0 Å². The smallest absolute Gasteiger partial charge is 0.303 e. The number of carboxylic acids is 1. The maximum Gasteiger partial charge on any atom is 0.303 e. The molecule has 0 rings (SSSR count). The first kappa shape index (κ1) is 16.4. The summed E-state index contributed by atoms with van der Waals surface area (Å²) in [4.78, 5) is 10.3. The molecule has 0 saturated carbocycles. The summed E-state index contributed by atoms with van der Waals surface area (Å²) in [7, 11) is -3.22. The van der Waals surface area contributed by atoms with Crippen molar-refractivity contribution in [3.05, 3.63) is 0 Å². The van der Waals surface area contributed by atoms with Crippen molar-refractivity contribution in [2.45, 2.75) is 52.5 Å². The first-order chi connectivity index (χ1) is 7.73. The van der Waals surface area contributed by atoms with Crippen LogP contribution in [-0.4, -0.2) is 31.3 Å². The molecule has 0 heterocycles. The van der Waals surface area contributed by atoms with Gasteiger partial charge in [0.2, 0.25) is 10.0 Å². The Hall–Kier alpha value is -0.620. The second-order valence-corrected chi connectivity index (χ2v) is 6.68. The van der Waals surface area contributed by atoms with E-state index in [1.54, 1.807) is 6.92 Å². The molecular weight excluding hydrogens is 242 g/mol. The van der Waals surface area contributed by atoms with E-state index in [1.165, 1.54) is 0 Å². The maximum atomic E-state index is 11.6. The number of carboxylic acid groups (broad SMARTS) is 1. The van der Waals surface area contributed by atoms with Gasteiger partial charge in [0.05, 0.1) is 5.75 Å². The van der Waals surface area contributed by atoms with Crippen molar-refractivity contribution >= 4 is 16.0 Å². The molecule has 0 aromatic carbocycles. The van der Waals surface area contributed by atoms with Crippen molar-refractivity contribution in [1.82, 2.24) is 4.72 Å². The highest BCUT2D eigenvalue weighted by molar-refractivity contribution is 7.89. The predicted molar refractivity (Wildman–Crippen MR) is 67.3 cm³/mol. The molecule has 0 aliphatic rings. The van der Waals surface area contributed by atoms with E-state index in [0.717, 1.165) is 0 Å². The van der Waals surface area contributed by atoms with Gasteiger partial charge in [-0.2, -0.15) is 0 Å². The number of carbonyl (C=O) groups is 1. The van der Waals surface area contributed by atoms with Crippen LogP contribution in [0.3, 0.4) is 0 Å². The average Bonchev–Trinajstić information content (AvgIpc) is 2.13. The van der Waals surface area contributed by atoms with Crippen LogP contribution in [0, 0.1) is 5.92 Å². The molecule has 0 aliphatic carbocycles. The molecule has 17 heavy (non-hydrogen) atoms. The van der Waals surface area contributed by atoms with Crippen LogP contribution in [0.2, 0.25) is 0 Å². The third kappa shape index (κ3) is 10.3. The van der Waals surface area contributed by atoms with Crippen LogP contribution in [0.1, 0.15) is 46.5 Å². The first-order valence-electron chi connectivity index (χ1n) is 5.94. The predicted octanol–water partition coefficient (Wildman–Crippen LogP) is 1.60. The molecule has 102 valence electrons. The molecule has 0 aromatic rings. The second-order valence-electron chi connectivity index (χ2n) is 4.81. The fraction of sp³-hybridized carbons (Fsp3) is 0.909. The number of hydrogen-bond acceptors (Lipinski definition) is 3. The average molecular weight is 265 g/mol. The molecule has 2 N–H and O–H groups in total. The van der Waals surface area contributed by atoms with Crippen LogP contribution in [-0.2, 0) is 14.8 Å². The molecule has 1 atom stereocenters. The van der Waals surface area contributed by atoms with Crippen molar-refractivity contribution in [2.75, 3.05) is 5.75 Å². The quantitative estimate of drug-likeness (QED) is 0.663. The van der Waals surface area contributed by atoms with Gasteiger partial charge in [0.1, 0.15) is 0 Å². The van der Waals surface area contributed by atoms with Crippen molar-refractivity contribution in [2.24, 2.45) is 5.92 Å². The van der Waals surface area contributed by atoms with E-state index in [1.807, 2.05) is 13.8 Å². The SMILES string of the molecule is CC(C)CCS(=O)(=O)NC(C)CCCC(=O)O. The van der Waals surface area contributed by atoms with Crippen LogP contribution in [0.5, 0.6) is 0 Å². The van der Waals surface area contributed by atoms with E-state index in [9.17, 15) is 13.2 Å². The second kappa shape index (κ2) is 7.66. The molecular formula is C11H23NO4S. The maximum absolute atomic E-state index is 11.6. The monoisotopic (exact) mass is 265 g/mol. The Morgan fingerprint density at radius 3 is 2.29 bits per heavy atom. The summed E-state index contributed by atoms with van der Waals surface area (Å²) in [5, 5.41) is 8.47. The third-order valence-corrected chi connectivity index (χ3v) is 3.91. The van der Waals surface area contributed by atoms with Gasteiger partial charge in [0.25, 0.3) is 0 Å². The standard InChI is InChI=1S/C11H23NO4S/c1-9(2)7-8-17(15,16)12-10(3)5-4-6-11(13)14/h9-10,12H,4-8H2,1-3H3,(H,13,14). The van der Waals surface area contributed by atoms with Gasteiger partial charge >= 0.3 is 5.97 Å². The minimum Gasteiger partial charge on any atom is -0.481 e. The number of rotatable bonds is 9. The molecule has 0 bridgehead atoms. The minimum atomic E-state index is -3.22. The van der Waals surface area contributed by atoms with E-state index in [0.29, 0.717) is 25.2 Å². The first-order valence-corrected chi connectivity index (χ1v) is 7.60. The normalized spacial score (nSPS) is 13.9. The number of aliphatic carboxylic acids is 1. The number of hydrogen-bond donors (Lipinski definition) is 2. The molecule has 0 spiro atoms. The molecule has 0 amide bonds. The van der Waals surface area contributed by atoms with Crippen molar-refractivity contribution in [1.29, 1.82) is 0 Å². The highest BCUT2D eigenvalue weighted by Gasteiger charge is 2.15. The third-order valence-electron chi connectivity index (χ3n) is 2.37. The molecule has 0 aromatic heterocycles. The Balaban J connectivity index is 3.92. The lowest BCUT2D eigenvalue weighted by molar-refractivity contribution is -0.137. The molecule has 1 unspecified atom stereocenters. The van der Waals surface area contributed by atoms with Crippen LogP contribution in [0.15, 0.2) is 0 Å². The van der Waals surface area contributed by atoms with Gasteiger partial charge in [-0.3, -0.25) is 4.79 Å². The summed E-state index contributed by atoms with van der Waals surface area (Å²) in [5.74, 6) is -0.359. The van der Waals surface area contributed by atoms with Crippen molar-refractivity contribution in [3.8, 4) is 0 Å². The summed E-state index contributed by atoms with van der Waals surface area (Å²) in [6.45, 7) is 5.71. The summed E-state index contributed by atoms with van der Waals surface area (Å²) in [5.41, 5.74) is 0. The summed E-state index contributed by atoms with van der Waals surface area (Å²) < 4.78 is 25.8. The Morgan fingerprint density at radius 1 is 1.24 bits per heavy atom. The van der Waals surface area contributed by atoms with Gasteiger partial charge in [0, 0.05) is 12.5 Å². The molecule has 0 saturated heterocycles. The molecule has 0 aliphatic heterocycles. The summed E-state index contributed by atoms with van der Waals surface area (Å²) in [6.07, 6.45) is 1.76. The zero-order chi connectivity index (χ0) is 13.5. The van der Waals surface area contributed by atoms with E-state index in [4.69, 9.17) is 5.11 Å². The van der Waals surface area contributed by atoms with Gasteiger partial charge in [-0.05, 0) is 32.1 Å². The Kier molecular flexibility index (Phi) is 7.38. The van der Waals surface area contributed by atoms with Crippen LogP contribution in [0.4, 0.5) is 0 Å². The number of nitrogens with one attached hydrogen (secondary N) is 1. The van der Waals surface area contributed by atoms with E-state index < -0.39 is 16.0 Å². The van der Waals surface area contributed by atoms with Gasteiger partial charge < -0.3 is 5.11 Å². The van der Waals surface area contributed by atoms with Crippen LogP contribution >= 0.6 is 0 Å². The molecule has 5 nitrogen and oxygen atoms in total. The lowest BCUT2D eigenvalue weighted by atomic mass is 10.1. The van der Waals surface area contributed by atoms with E-state index in [-0.39, 0.29) is 18.2 Å². The molecule has 6 heteroatoms. The topological polar surface area (TPSA) is 83.5 Å². The van der Waals surface area contributed by atoms with Gasteiger partial charge in [0.15, 0.2) is 0 Å². The zero-order valence-corrected chi connectivity index (χ0v) is 11.6. The fourth-order valence-corrected chi connectivity index (χ4v) is 3.01. The zero-order valence-electron chi connectivity index (χ0n) is 10.8. The fourth-order valence-electron chi connectivity index (χ4n) is 1.37. The molecule has 0 fully saturated rings. The number of sulfonamides is 1. The highest BCUT2D eigenvalue weighted by atomic mass is 32.2. The summed E-state index contributed by atoms with van der Waals surface area (Å²) in [6, 6.07) is -0.202. The van der Waals surface area contributed by atoms with Gasteiger partial charge in [-0.15, -0.1) is 0 Å². The van der Waals surface area contributed by atoms with Crippen LogP contribution in [0.25, 0.3) is 0 Å². The van der Waals surface area contributed by atoms with Gasteiger partial charge in [-0.1, -0.05) is 13.8 Å². The van der Waals surface area contributed by atoms with E-state index >= 15 is 0 Å². The molecule has 0 radical (unpaired) electrons. The largest absolute Gasteiger partial charge is 0.481 e. The lowest BCUT2D eigenvalue weighted by Crippen LogP contribution is -2.34. The Morgan fingerprint density at radius 2 is 1.82 bits per heavy atom. The van der Waals surface area contributed by atoms with E-state index in [2.05, 4.69) is 4.72 Å². The minimum absolute atomic E-state index is 0.0814.